The van der Waals surface area contributed by atoms with Gasteiger partial charge in [0.05, 0.1) is 22.2 Å². The number of hydrogen-bond acceptors (Lipinski definition) is 5. The Hall–Kier alpha value is -2.55. The van der Waals surface area contributed by atoms with E-state index in [9.17, 15) is 13.2 Å². The first-order chi connectivity index (χ1) is 17.1. The molecule has 0 unspecified atom stereocenters. The molecule has 4 rings (SSSR count). The van der Waals surface area contributed by atoms with Gasteiger partial charge in [0.2, 0.25) is 0 Å². The predicted molar refractivity (Wildman–Crippen MR) is 143 cm³/mol. The molecule has 0 saturated heterocycles. The predicted octanol–water partition coefficient (Wildman–Crippen LogP) is 6.29. The molecule has 36 heavy (non-hydrogen) atoms. The van der Waals surface area contributed by atoms with Gasteiger partial charge in [0.25, 0.3) is 5.91 Å². The molecule has 2 aromatic carbocycles. The molecule has 3 aromatic rings. The molecular formula is C26H29Cl2N3O4S. The maximum Gasteiger partial charge on any atom is 0.309 e. The molecule has 1 aromatic heterocycles. The molecule has 192 valence electrons. The van der Waals surface area contributed by atoms with Crippen LogP contribution in [0, 0.1) is 6.92 Å². The summed E-state index contributed by atoms with van der Waals surface area (Å²) in [6, 6.07) is 12.0. The minimum Gasteiger partial charge on any atom is -0.382 e. The Balaban J connectivity index is 1.78. The van der Waals surface area contributed by atoms with Gasteiger partial charge in [-0.1, -0.05) is 43.0 Å². The SMILES string of the molecule is CCCS(=O)(=O)Oc1ccc(-c2c(C)c(C(=O)N(C)C3CCCC3)nn2-c2ccc(Cl)cc2Cl)cc1. The molecule has 1 heterocycles. The Labute approximate surface area is 222 Å². The van der Waals surface area contributed by atoms with Crippen molar-refractivity contribution in [2.75, 3.05) is 12.8 Å². The highest BCUT2D eigenvalue weighted by Crippen LogP contribution is 2.34. The molecule has 1 fully saturated rings. The normalized spacial score (nSPS) is 14.2. The van der Waals surface area contributed by atoms with E-state index < -0.39 is 10.1 Å². The summed E-state index contributed by atoms with van der Waals surface area (Å²) >= 11 is 12.6. The number of benzene rings is 2. The number of halogens is 2. The van der Waals surface area contributed by atoms with Crippen molar-refractivity contribution in [1.82, 2.24) is 14.7 Å². The summed E-state index contributed by atoms with van der Waals surface area (Å²) in [6.45, 7) is 3.63. The van der Waals surface area contributed by atoms with Gasteiger partial charge in [0.1, 0.15) is 5.75 Å². The van der Waals surface area contributed by atoms with Gasteiger partial charge in [0, 0.05) is 29.2 Å². The van der Waals surface area contributed by atoms with E-state index in [1.54, 1.807) is 59.0 Å². The van der Waals surface area contributed by atoms with Gasteiger partial charge in [-0.2, -0.15) is 13.5 Å². The molecule has 10 heteroatoms. The summed E-state index contributed by atoms with van der Waals surface area (Å²) in [6.07, 6.45) is 4.67. The van der Waals surface area contributed by atoms with Crippen molar-refractivity contribution in [1.29, 1.82) is 0 Å². The molecule has 0 bridgehead atoms. The van der Waals surface area contributed by atoms with E-state index in [2.05, 4.69) is 0 Å². The minimum absolute atomic E-state index is 0.0598. The number of nitrogens with zero attached hydrogens (tertiary/aromatic N) is 3. The van der Waals surface area contributed by atoms with Crippen LogP contribution in [-0.2, 0) is 10.1 Å². The second-order valence-electron chi connectivity index (χ2n) is 9.05. The quantitative estimate of drug-likeness (QED) is 0.308. The highest BCUT2D eigenvalue weighted by Gasteiger charge is 2.29. The van der Waals surface area contributed by atoms with Crippen molar-refractivity contribution < 1.29 is 17.4 Å². The molecule has 1 aliphatic carbocycles. The van der Waals surface area contributed by atoms with Crippen molar-refractivity contribution in [3.05, 3.63) is 63.8 Å². The first-order valence-corrected chi connectivity index (χ1v) is 14.3. The summed E-state index contributed by atoms with van der Waals surface area (Å²) in [5.41, 5.74) is 3.02. The third kappa shape index (κ3) is 5.56. The Morgan fingerprint density at radius 1 is 1.14 bits per heavy atom. The number of amides is 1. The highest BCUT2D eigenvalue weighted by atomic mass is 35.5. The van der Waals surface area contributed by atoms with Gasteiger partial charge in [-0.05, 0) is 68.7 Å². The molecule has 7 nitrogen and oxygen atoms in total. The average Bonchev–Trinajstić information content (AvgIpc) is 3.47. The summed E-state index contributed by atoms with van der Waals surface area (Å²) < 4.78 is 31.0. The Bertz CT molecular complexity index is 1360. The number of rotatable bonds is 8. The molecular weight excluding hydrogens is 521 g/mol. The largest absolute Gasteiger partial charge is 0.382 e. The summed E-state index contributed by atoms with van der Waals surface area (Å²) in [5, 5.41) is 5.59. The molecule has 0 radical (unpaired) electrons. The third-order valence-corrected chi connectivity index (χ3v) is 8.35. The molecule has 0 N–H and O–H groups in total. The lowest BCUT2D eigenvalue weighted by Crippen LogP contribution is -2.35. The summed E-state index contributed by atoms with van der Waals surface area (Å²) in [5.74, 6) is 0.0168. The molecule has 0 atom stereocenters. The zero-order valence-corrected chi connectivity index (χ0v) is 22.8. The van der Waals surface area contributed by atoms with Crippen molar-refractivity contribution >= 4 is 39.2 Å². The van der Waals surface area contributed by atoms with Crippen molar-refractivity contribution in [3.63, 3.8) is 0 Å². The Morgan fingerprint density at radius 3 is 2.42 bits per heavy atom. The van der Waals surface area contributed by atoms with E-state index in [1.807, 2.05) is 14.0 Å². The molecule has 0 spiro atoms. The molecule has 1 aliphatic rings. The van der Waals surface area contributed by atoms with Crippen LogP contribution >= 0.6 is 23.2 Å². The smallest absolute Gasteiger partial charge is 0.309 e. The third-order valence-electron chi connectivity index (χ3n) is 6.46. The fourth-order valence-electron chi connectivity index (χ4n) is 4.60. The number of carbonyl (C=O) groups excluding carboxylic acids is 1. The van der Waals surface area contributed by atoms with Gasteiger partial charge < -0.3 is 9.08 Å². The maximum atomic E-state index is 13.5. The zero-order valence-electron chi connectivity index (χ0n) is 20.5. The van der Waals surface area contributed by atoms with Gasteiger partial charge in [-0.3, -0.25) is 4.79 Å². The first kappa shape index (κ1) is 26.5. The van der Waals surface area contributed by atoms with Crippen LogP contribution in [0.2, 0.25) is 10.0 Å². The number of carbonyl (C=O) groups is 1. The van der Waals surface area contributed by atoms with E-state index in [-0.39, 0.29) is 23.5 Å². The highest BCUT2D eigenvalue weighted by molar-refractivity contribution is 7.87. The standard InChI is InChI=1S/C26H29Cl2N3O4S/c1-4-15-36(33,34)35-21-12-9-18(10-13-21)25-17(2)24(26(32)30(3)20-7-5-6-8-20)29-31(25)23-14-11-19(27)16-22(23)28/h9-14,16,20H,4-8,15H2,1-3H3. The van der Waals surface area contributed by atoms with E-state index in [1.165, 1.54) is 0 Å². The Morgan fingerprint density at radius 2 is 1.81 bits per heavy atom. The van der Waals surface area contributed by atoms with E-state index in [0.29, 0.717) is 39.1 Å². The summed E-state index contributed by atoms with van der Waals surface area (Å²) in [7, 11) is -1.83. The van der Waals surface area contributed by atoms with Crippen LogP contribution in [0.3, 0.4) is 0 Å². The van der Waals surface area contributed by atoms with Crippen LogP contribution < -0.4 is 4.18 Å². The number of aromatic nitrogens is 2. The van der Waals surface area contributed by atoms with Gasteiger partial charge in [-0.15, -0.1) is 0 Å². The lowest BCUT2D eigenvalue weighted by Gasteiger charge is -2.23. The molecule has 1 amide bonds. The van der Waals surface area contributed by atoms with Crippen molar-refractivity contribution in [2.45, 2.75) is 52.0 Å². The minimum atomic E-state index is -3.65. The second kappa shape index (κ2) is 10.8. The summed E-state index contributed by atoms with van der Waals surface area (Å²) in [4.78, 5) is 15.3. The fraction of sp³-hybridized carbons (Fsp3) is 0.385. The van der Waals surface area contributed by atoms with Crippen LogP contribution in [0.5, 0.6) is 5.75 Å². The number of hydrogen-bond donors (Lipinski definition) is 0. The Kier molecular flexibility index (Phi) is 7.97. The van der Waals surface area contributed by atoms with Crippen LogP contribution in [0.25, 0.3) is 16.9 Å². The van der Waals surface area contributed by atoms with Gasteiger partial charge in [0.15, 0.2) is 5.69 Å². The van der Waals surface area contributed by atoms with E-state index in [4.69, 9.17) is 32.5 Å². The lowest BCUT2D eigenvalue weighted by atomic mass is 10.1. The van der Waals surface area contributed by atoms with Gasteiger partial charge >= 0.3 is 10.1 Å². The zero-order chi connectivity index (χ0) is 26.0. The van der Waals surface area contributed by atoms with Crippen LogP contribution in [-0.4, -0.2) is 47.8 Å². The van der Waals surface area contributed by atoms with Crippen molar-refractivity contribution in [2.24, 2.45) is 0 Å². The second-order valence-corrected chi connectivity index (χ2v) is 11.6. The topological polar surface area (TPSA) is 81.5 Å². The van der Waals surface area contributed by atoms with Crippen LogP contribution in [0.15, 0.2) is 42.5 Å². The van der Waals surface area contributed by atoms with Gasteiger partial charge in [-0.25, -0.2) is 4.68 Å². The molecule has 1 saturated carbocycles. The van der Waals surface area contributed by atoms with E-state index in [0.717, 1.165) is 31.2 Å². The van der Waals surface area contributed by atoms with Crippen LogP contribution in [0.1, 0.15) is 55.1 Å². The fourth-order valence-corrected chi connectivity index (χ4v) is 6.07. The van der Waals surface area contributed by atoms with E-state index >= 15 is 0 Å². The first-order valence-electron chi connectivity index (χ1n) is 12.0. The van der Waals surface area contributed by atoms with Crippen LogP contribution in [0.4, 0.5) is 0 Å². The average molecular weight is 551 g/mol. The maximum absolute atomic E-state index is 13.5. The van der Waals surface area contributed by atoms with Crippen molar-refractivity contribution in [3.8, 4) is 22.7 Å². The lowest BCUT2D eigenvalue weighted by molar-refractivity contribution is 0.0728. The molecule has 0 aliphatic heterocycles. The monoisotopic (exact) mass is 549 g/mol.